The third kappa shape index (κ3) is 10.7. The number of rotatable bonds is 14. The van der Waals surface area contributed by atoms with E-state index in [9.17, 15) is 15.0 Å². The van der Waals surface area contributed by atoms with Crippen LogP contribution < -0.4 is 0 Å². The van der Waals surface area contributed by atoms with Crippen LogP contribution in [0.15, 0.2) is 54.6 Å². The number of ether oxygens (including phenoxy) is 1. The summed E-state index contributed by atoms with van der Waals surface area (Å²) in [6.45, 7) is 5.91. The topological polar surface area (TPSA) is 66.8 Å². The SMILES string of the molecule is CC(C)OC(=O)CCC/C=C\CC1C(O)CC(C)C1/C=C/C(O)CCCCc1ccccc1. The highest BCUT2D eigenvalue weighted by molar-refractivity contribution is 5.69. The Bertz CT molecular complexity index is 724. The number of hydrogen-bond donors (Lipinski definition) is 2. The number of aryl methyl sites for hydroxylation is 1. The summed E-state index contributed by atoms with van der Waals surface area (Å²) in [5, 5.41) is 21.0. The van der Waals surface area contributed by atoms with Gasteiger partial charge in [0.2, 0.25) is 0 Å². The number of unbranched alkanes of at least 4 members (excludes halogenated alkanes) is 2. The average Bonchev–Trinajstić information content (AvgIpc) is 3.04. The smallest absolute Gasteiger partial charge is 0.306 e. The Morgan fingerprint density at radius 1 is 1.15 bits per heavy atom. The maximum Gasteiger partial charge on any atom is 0.306 e. The van der Waals surface area contributed by atoms with Crippen LogP contribution in [0, 0.1) is 17.8 Å². The van der Waals surface area contributed by atoms with E-state index in [-0.39, 0.29) is 30.0 Å². The standard InChI is InChI=1S/C29H44O4/c1-22(2)33-29(32)18-10-5-4-9-17-27-26(23(3)21-28(27)31)20-19-25(30)16-12-11-15-24-13-7-6-8-14-24/h4,6-9,13-14,19-20,22-23,25-28,30-31H,5,10-12,15-18,21H2,1-3H3/b9-4-,20-19+. The predicted octanol–water partition coefficient (Wildman–Crippen LogP) is 6.02. The van der Waals surface area contributed by atoms with Crippen molar-refractivity contribution in [3.05, 3.63) is 60.2 Å². The molecule has 2 rings (SSSR count). The summed E-state index contributed by atoms with van der Waals surface area (Å²) in [5.41, 5.74) is 1.35. The summed E-state index contributed by atoms with van der Waals surface area (Å²) in [6, 6.07) is 10.5. The van der Waals surface area contributed by atoms with E-state index >= 15 is 0 Å². The second-order valence-electron chi connectivity index (χ2n) is 9.84. The van der Waals surface area contributed by atoms with Gasteiger partial charge in [0.15, 0.2) is 0 Å². The Balaban J connectivity index is 1.70. The van der Waals surface area contributed by atoms with Crippen LogP contribution in [0.25, 0.3) is 0 Å². The number of benzene rings is 1. The van der Waals surface area contributed by atoms with Gasteiger partial charge in [-0.2, -0.15) is 0 Å². The molecule has 0 aromatic heterocycles. The molecule has 184 valence electrons. The molecule has 0 saturated heterocycles. The number of allylic oxidation sites excluding steroid dienone is 3. The van der Waals surface area contributed by atoms with Crippen molar-refractivity contribution in [2.75, 3.05) is 0 Å². The zero-order valence-electron chi connectivity index (χ0n) is 20.7. The molecule has 1 aliphatic rings. The lowest BCUT2D eigenvalue weighted by molar-refractivity contribution is -0.147. The summed E-state index contributed by atoms with van der Waals surface area (Å²) in [6.07, 6.45) is 15.2. The molecule has 0 spiro atoms. The molecule has 1 aromatic carbocycles. The van der Waals surface area contributed by atoms with Gasteiger partial charge in [-0.1, -0.05) is 68.0 Å². The van der Waals surface area contributed by atoms with Crippen molar-refractivity contribution in [2.24, 2.45) is 17.8 Å². The Morgan fingerprint density at radius 3 is 2.64 bits per heavy atom. The minimum Gasteiger partial charge on any atom is -0.463 e. The van der Waals surface area contributed by atoms with Gasteiger partial charge in [-0.05, 0) is 82.1 Å². The number of aliphatic hydroxyl groups excluding tert-OH is 2. The monoisotopic (exact) mass is 456 g/mol. The van der Waals surface area contributed by atoms with Crippen molar-refractivity contribution >= 4 is 5.97 Å². The number of esters is 1. The van der Waals surface area contributed by atoms with E-state index in [1.807, 2.05) is 26.0 Å². The zero-order valence-corrected chi connectivity index (χ0v) is 20.7. The molecule has 4 heteroatoms. The summed E-state index contributed by atoms with van der Waals surface area (Å²) in [7, 11) is 0. The second kappa shape index (κ2) is 15.1. The van der Waals surface area contributed by atoms with Gasteiger partial charge in [0, 0.05) is 6.42 Å². The maximum absolute atomic E-state index is 11.6. The fourth-order valence-corrected chi connectivity index (χ4v) is 4.78. The van der Waals surface area contributed by atoms with Gasteiger partial charge >= 0.3 is 5.97 Å². The molecule has 1 aliphatic carbocycles. The van der Waals surface area contributed by atoms with E-state index < -0.39 is 6.10 Å². The van der Waals surface area contributed by atoms with Crippen LogP contribution in [0.2, 0.25) is 0 Å². The van der Waals surface area contributed by atoms with E-state index in [1.165, 1.54) is 5.56 Å². The van der Waals surface area contributed by atoms with Crippen molar-refractivity contribution in [2.45, 2.75) is 96.9 Å². The number of carbonyl (C=O) groups is 1. The van der Waals surface area contributed by atoms with E-state index in [4.69, 9.17) is 4.74 Å². The molecule has 0 amide bonds. The highest BCUT2D eigenvalue weighted by atomic mass is 16.5. The Labute approximate surface area is 200 Å². The number of carbonyl (C=O) groups excluding carboxylic acids is 1. The quantitative estimate of drug-likeness (QED) is 0.204. The van der Waals surface area contributed by atoms with Crippen molar-refractivity contribution in [3.63, 3.8) is 0 Å². The number of hydrogen-bond acceptors (Lipinski definition) is 4. The average molecular weight is 457 g/mol. The van der Waals surface area contributed by atoms with E-state index in [1.54, 1.807) is 0 Å². The van der Waals surface area contributed by atoms with Gasteiger partial charge in [-0.3, -0.25) is 4.79 Å². The fraction of sp³-hybridized carbons (Fsp3) is 0.621. The highest BCUT2D eigenvalue weighted by Crippen LogP contribution is 2.40. The minimum absolute atomic E-state index is 0.0586. The van der Waals surface area contributed by atoms with Gasteiger partial charge < -0.3 is 14.9 Å². The van der Waals surface area contributed by atoms with Gasteiger partial charge in [0.25, 0.3) is 0 Å². The lowest BCUT2D eigenvalue weighted by Gasteiger charge is -2.20. The zero-order chi connectivity index (χ0) is 24.1. The molecule has 0 aliphatic heterocycles. The molecular formula is C29H44O4. The van der Waals surface area contributed by atoms with Crippen LogP contribution in [0.3, 0.4) is 0 Å². The van der Waals surface area contributed by atoms with Crippen LogP contribution in [-0.4, -0.2) is 34.5 Å². The van der Waals surface area contributed by atoms with E-state index in [0.717, 1.165) is 51.4 Å². The molecule has 1 saturated carbocycles. The summed E-state index contributed by atoms with van der Waals surface area (Å²) < 4.78 is 5.15. The summed E-state index contributed by atoms with van der Waals surface area (Å²) in [5.74, 6) is 0.737. The molecule has 5 atom stereocenters. The lowest BCUT2D eigenvalue weighted by Crippen LogP contribution is -2.18. The molecule has 1 aromatic rings. The summed E-state index contributed by atoms with van der Waals surface area (Å²) in [4.78, 5) is 11.6. The molecule has 0 heterocycles. The van der Waals surface area contributed by atoms with Crippen LogP contribution in [-0.2, 0) is 16.0 Å². The van der Waals surface area contributed by atoms with Crippen LogP contribution in [0.4, 0.5) is 0 Å². The molecule has 0 radical (unpaired) electrons. The molecular weight excluding hydrogens is 412 g/mol. The normalized spacial score (nSPS) is 24.2. The van der Waals surface area contributed by atoms with Gasteiger partial charge in [0.05, 0.1) is 18.3 Å². The van der Waals surface area contributed by atoms with Crippen molar-refractivity contribution in [1.82, 2.24) is 0 Å². The lowest BCUT2D eigenvalue weighted by atomic mass is 9.86. The minimum atomic E-state index is -0.424. The van der Waals surface area contributed by atoms with E-state index in [2.05, 4.69) is 49.4 Å². The molecule has 5 unspecified atom stereocenters. The van der Waals surface area contributed by atoms with Gasteiger partial charge in [0.1, 0.15) is 0 Å². The van der Waals surface area contributed by atoms with Crippen LogP contribution >= 0.6 is 0 Å². The molecule has 4 nitrogen and oxygen atoms in total. The van der Waals surface area contributed by atoms with Gasteiger partial charge in [-0.15, -0.1) is 0 Å². The van der Waals surface area contributed by atoms with Crippen LogP contribution in [0.5, 0.6) is 0 Å². The van der Waals surface area contributed by atoms with Crippen molar-refractivity contribution in [3.8, 4) is 0 Å². The van der Waals surface area contributed by atoms with Crippen molar-refractivity contribution in [1.29, 1.82) is 0 Å². The van der Waals surface area contributed by atoms with Gasteiger partial charge in [-0.25, -0.2) is 0 Å². The maximum atomic E-state index is 11.6. The molecule has 0 bridgehead atoms. The first-order valence-electron chi connectivity index (χ1n) is 12.8. The Morgan fingerprint density at radius 2 is 1.91 bits per heavy atom. The third-order valence-corrected chi connectivity index (χ3v) is 6.57. The molecule has 33 heavy (non-hydrogen) atoms. The molecule has 2 N–H and O–H groups in total. The first-order valence-corrected chi connectivity index (χ1v) is 12.8. The van der Waals surface area contributed by atoms with E-state index in [0.29, 0.717) is 12.3 Å². The second-order valence-corrected chi connectivity index (χ2v) is 9.84. The summed E-state index contributed by atoms with van der Waals surface area (Å²) >= 11 is 0. The van der Waals surface area contributed by atoms with Crippen molar-refractivity contribution < 1.29 is 19.7 Å². The Kier molecular flexibility index (Phi) is 12.5. The predicted molar refractivity (Wildman–Crippen MR) is 135 cm³/mol. The first-order chi connectivity index (χ1) is 15.9. The highest BCUT2D eigenvalue weighted by Gasteiger charge is 2.37. The number of aliphatic hydroxyl groups is 2. The Hall–Kier alpha value is -1.91. The first kappa shape index (κ1) is 27.3. The van der Waals surface area contributed by atoms with Crippen LogP contribution in [0.1, 0.15) is 77.7 Å². The fourth-order valence-electron chi connectivity index (χ4n) is 4.78. The molecule has 1 fully saturated rings. The third-order valence-electron chi connectivity index (χ3n) is 6.57. The largest absolute Gasteiger partial charge is 0.463 e.